The molecular weight excluding hydrogens is 411 g/mol. The van der Waals surface area contributed by atoms with E-state index in [0.29, 0.717) is 35.9 Å². The Kier molecular flexibility index (Phi) is 6.83. The highest BCUT2D eigenvalue weighted by Gasteiger charge is 2.35. The van der Waals surface area contributed by atoms with E-state index in [4.69, 9.17) is 23.2 Å². The SMILES string of the molecule is Cc1ccc(CC2NC(=O)C(O)=C2C(=O)NCCCc2ccc(Cl)c(Cl)c2)cc1. The Morgan fingerprint density at radius 1 is 1.10 bits per heavy atom. The maximum Gasteiger partial charge on any atom is 0.287 e. The first-order valence-electron chi connectivity index (χ1n) is 9.37. The van der Waals surface area contributed by atoms with Gasteiger partial charge in [0, 0.05) is 6.54 Å². The summed E-state index contributed by atoms with van der Waals surface area (Å²) in [5.41, 5.74) is 3.21. The van der Waals surface area contributed by atoms with E-state index in [-0.39, 0.29) is 5.57 Å². The smallest absolute Gasteiger partial charge is 0.287 e. The summed E-state index contributed by atoms with van der Waals surface area (Å²) in [5, 5.41) is 16.6. The molecule has 2 aromatic rings. The van der Waals surface area contributed by atoms with Gasteiger partial charge in [0.15, 0.2) is 5.76 Å². The molecule has 1 heterocycles. The summed E-state index contributed by atoms with van der Waals surface area (Å²) in [6, 6.07) is 12.7. The maximum absolute atomic E-state index is 12.6. The van der Waals surface area contributed by atoms with Gasteiger partial charge < -0.3 is 15.7 Å². The molecule has 5 nitrogen and oxygen atoms in total. The summed E-state index contributed by atoms with van der Waals surface area (Å²) < 4.78 is 0. The van der Waals surface area contributed by atoms with Gasteiger partial charge >= 0.3 is 0 Å². The minimum absolute atomic E-state index is 0.0881. The molecule has 0 aliphatic carbocycles. The normalized spacial score (nSPS) is 16.1. The van der Waals surface area contributed by atoms with Crippen LogP contribution in [0, 0.1) is 6.92 Å². The maximum atomic E-state index is 12.6. The Hall–Kier alpha value is -2.50. The van der Waals surface area contributed by atoms with Gasteiger partial charge in [-0.15, -0.1) is 0 Å². The van der Waals surface area contributed by atoms with Gasteiger partial charge in [-0.05, 0) is 49.4 Å². The molecule has 0 saturated heterocycles. The van der Waals surface area contributed by atoms with Crippen molar-refractivity contribution in [1.29, 1.82) is 0 Å². The molecule has 0 bridgehead atoms. The predicted molar refractivity (Wildman–Crippen MR) is 114 cm³/mol. The molecule has 0 saturated carbocycles. The van der Waals surface area contributed by atoms with E-state index >= 15 is 0 Å². The van der Waals surface area contributed by atoms with Gasteiger partial charge in [0.2, 0.25) is 0 Å². The summed E-state index contributed by atoms with van der Waals surface area (Å²) in [7, 11) is 0. The van der Waals surface area contributed by atoms with Crippen LogP contribution in [0.25, 0.3) is 0 Å². The topological polar surface area (TPSA) is 78.4 Å². The second-order valence-corrected chi connectivity index (χ2v) is 7.90. The molecule has 1 aliphatic heterocycles. The van der Waals surface area contributed by atoms with Crippen molar-refractivity contribution in [2.45, 2.75) is 32.2 Å². The molecule has 0 aromatic heterocycles. The zero-order chi connectivity index (χ0) is 21.0. The highest BCUT2D eigenvalue weighted by Crippen LogP contribution is 2.23. The number of aryl methyl sites for hydroxylation is 2. The number of carbonyl (C=O) groups is 2. The summed E-state index contributed by atoms with van der Waals surface area (Å²) in [4.78, 5) is 24.5. The first-order valence-corrected chi connectivity index (χ1v) is 10.1. The van der Waals surface area contributed by atoms with E-state index in [1.54, 1.807) is 12.1 Å². The van der Waals surface area contributed by atoms with Crippen molar-refractivity contribution in [3.05, 3.63) is 80.5 Å². The average Bonchev–Trinajstić information content (AvgIpc) is 2.97. The van der Waals surface area contributed by atoms with Gasteiger partial charge in [-0.25, -0.2) is 0 Å². The number of amides is 2. The van der Waals surface area contributed by atoms with Crippen molar-refractivity contribution in [2.75, 3.05) is 6.54 Å². The lowest BCUT2D eigenvalue weighted by Crippen LogP contribution is -2.36. The lowest BCUT2D eigenvalue weighted by atomic mass is 9.99. The molecule has 1 unspecified atom stereocenters. The third-order valence-electron chi connectivity index (χ3n) is 4.84. The molecule has 0 radical (unpaired) electrons. The number of hydrogen-bond acceptors (Lipinski definition) is 3. The van der Waals surface area contributed by atoms with E-state index in [1.807, 2.05) is 37.3 Å². The van der Waals surface area contributed by atoms with Gasteiger partial charge in [0.05, 0.1) is 21.7 Å². The number of carbonyl (C=O) groups excluding carboxylic acids is 2. The Morgan fingerprint density at radius 2 is 1.79 bits per heavy atom. The van der Waals surface area contributed by atoms with Crippen LogP contribution in [-0.2, 0) is 22.4 Å². The summed E-state index contributed by atoms with van der Waals surface area (Å²) >= 11 is 11.9. The zero-order valence-corrected chi connectivity index (χ0v) is 17.5. The van der Waals surface area contributed by atoms with Crippen molar-refractivity contribution >= 4 is 35.0 Å². The molecule has 2 amide bonds. The van der Waals surface area contributed by atoms with Crippen LogP contribution in [0.5, 0.6) is 0 Å². The molecule has 2 aromatic carbocycles. The first kappa shape index (κ1) is 21.2. The second-order valence-electron chi connectivity index (χ2n) is 7.09. The van der Waals surface area contributed by atoms with Crippen LogP contribution in [0.15, 0.2) is 53.8 Å². The van der Waals surface area contributed by atoms with E-state index in [9.17, 15) is 14.7 Å². The number of benzene rings is 2. The predicted octanol–water partition coefficient (Wildman–Crippen LogP) is 3.90. The zero-order valence-electron chi connectivity index (χ0n) is 16.0. The Labute approximate surface area is 179 Å². The largest absolute Gasteiger partial charge is 0.503 e. The summed E-state index contributed by atoms with van der Waals surface area (Å²) in [6.07, 6.45) is 1.83. The van der Waals surface area contributed by atoms with Crippen LogP contribution < -0.4 is 10.6 Å². The van der Waals surface area contributed by atoms with Crippen molar-refractivity contribution in [2.24, 2.45) is 0 Å². The lowest BCUT2D eigenvalue weighted by molar-refractivity contribution is -0.120. The van der Waals surface area contributed by atoms with Gasteiger partial charge in [-0.3, -0.25) is 9.59 Å². The summed E-state index contributed by atoms with van der Waals surface area (Å²) in [5.74, 6) is -1.57. The molecule has 3 rings (SSSR count). The summed E-state index contributed by atoms with van der Waals surface area (Å²) in [6.45, 7) is 2.39. The van der Waals surface area contributed by atoms with Crippen LogP contribution in [0.4, 0.5) is 0 Å². The quantitative estimate of drug-likeness (QED) is 0.580. The third kappa shape index (κ3) is 5.31. The van der Waals surface area contributed by atoms with Crippen molar-refractivity contribution in [1.82, 2.24) is 10.6 Å². The first-order chi connectivity index (χ1) is 13.8. The van der Waals surface area contributed by atoms with Gasteiger partial charge in [0.25, 0.3) is 11.8 Å². The number of nitrogens with one attached hydrogen (secondary N) is 2. The Balaban J connectivity index is 1.57. The van der Waals surface area contributed by atoms with Crippen LogP contribution in [-0.4, -0.2) is 29.5 Å². The van der Waals surface area contributed by atoms with E-state index < -0.39 is 23.6 Å². The van der Waals surface area contributed by atoms with Crippen molar-refractivity contribution in [3.8, 4) is 0 Å². The van der Waals surface area contributed by atoms with Crippen LogP contribution in [0.2, 0.25) is 10.0 Å². The Morgan fingerprint density at radius 3 is 2.48 bits per heavy atom. The Bertz CT molecular complexity index is 955. The highest BCUT2D eigenvalue weighted by atomic mass is 35.5. The van der Waals surface area contributed by atoms with Gasteiger partial charge in [-0.2, -0.15) is 0 Å². The van der Waals surface area contributed by atoms with E-state index in [2.05, 4.69) is 10.6 Å². The van der Waals surface area contributed by atoms with Crippen LogP contribution in [0.3, 0.4) is 0 Å². The number of aliphatic hydroxyl groups excluding tert-OH is 1. The van der Waals surface area contributed by atoms with E-state index in [0.717, 1.165) is 16.7 Å². The standard InChI is InChI=1S/C22H22Cl2N2O3/c1-13-4-6-15(7-5-13)12-18-19(20(27)22(29)26-18)21(28)25-10-2-3-14-8-9-16(23)17(24)11-14/h4-9,11,18,27H,2-3,10,12H2,1H3,(H,25,28)(H,26,29). The number of halogens is 2. The molecule has 1 atom stereocenters. The fourth-order valence-corrected chi connectivity index (χ4v) is 3.57. The number of rotatable bonds is 7. The van der Waals surface area contributed by atoms with Gasteiger partial charge in [-0.1, -0.05) is 59.1 Å². The minimum atomic E-state index is -0.622. The van der Waals surface area contributed by atoms with Crippen molar-refractivity contribution < 1.29 is 14.7 Å². The molecule has 1 aliphatic rings. The van der Waals surface area contributed by atoms with E-state index in [1.165, 1.54) is 0 Å². The molecule has 0 spiro atoms. The van der Waals surface area contributed by atoms with Crippen molar-refractivity contribution in [3.63, 3.8) is 0 Å². The van der Waals surface area contributed by atoms with Gasteiger partial charge in [0.1, 0.15) is 0 Å². The average molecular weight is 433 g/mol. The monoisotopic (exact) mass is 432 g/mol. The highest BCUT2D eigenvalue weighted by molar-refractivity contribution is 6.42. The van der Waals surface area contributed by atoms with Crippen LogP contribution >= 0.6 is 23.2 Å². The minimum Gasteiger partial charge on any atom is -0.503 e. The molecular formula is C22H22Cl2N2O3. The van der Waals surface area contributed by atoms with Crippen LogP contribution in [0.1, 0.15) is 23.1 Å². The number of hydrogen-bond donors (Lipinski definition) is 3. The lowest BCUT2D eigenvalue weighted by Gasteiger charge is -2.15. The molecule has 7 heteroatoms. The third-order valence-corrected chi connectivity index (χ3v) is 5.58. The molecule has 0 fully saturated rings. The fourth-order valence-electron chi connectivity index (χ4n) is 3.25. The number of aliphatic hydroxyl groups is 1. The second kappa shape index (κ2) is 9.33. The molecule has 29 heavy (non-hydrogen) atoms. The molecule has 152 valence electrons. The fraction of sp³-hybridized carbons (Fsp3) is 0.273. The molecule has 3 N–H and O–H groups in total.